The number of rotatable bonds is 7. The molecular weight excluding hydrogens is 321 g/mol. The van der Waals surface area contributed by atoms with Gasteiger partial charge in [-0.25, -0.2) is 4.39 Å². The van der Waals surface area contributed by atoms with Gasteiger partial charge in [0.1, 0.15) is 5.82 Å². The quantitative estimate of drug-likeness (QED) is 0.393. The van der Waals surface area contributed by atoms with E-state index in [4.69, 9.17) is 21.7 Å². The van der Waals surface area contributed by atoms with Gasteiger partial charge in [-0.3, -0.25) is 15.6 Å². The molecule has 0 radical (unpaired) electrons. The first-order valence-corrected chi connectivity index (χ1v) is 7.50. The molecule has 3 N–H and O–H groups in total. The van der Waals surface area contributed by atoms with Gasteiger partial charge in [0.15, 0.2) is 10.7 Å². The van der Waals surface area contributed by atoms with Crippen LogP contribution in [0.3, 0.4) is 0 Å². The van der Waals surface area contributed by atoms with E-state index in [0.29, 0.717) is 13.2 Å². The Morgan fingerprint density at radius 3 is 2.61 bits per heavy atom. The SMILES string of the molecule is COCCCNC(=S)NNC(=O)[C@](C)(OC)c1ccccc1F. The van der Waals surface area contributed by atoms with Crippen LogP contribution in [0.4, 0.5) is 4.39 Å². The summed E-state index contributed by atoms with van der Waals surface area (Å²) >= 11 is 5.03. The Morgan fingerprint density at radius 2 is 2.00 bits per heavy atom. The summed E-state index contributed by atoms with van der Waals surface area (Å²) in [4.78, 5) is 12.4. The third-order valence-corrected chi connectivity index (χ3v) is 3.58. The average molecular weight is 343 g/mol. The van der Waals surface area contributed by atoms with Crippen LogP contribution in [0.1, 0.15) is 18.9 Å². The Kier molecular flexibility index (Phi) is 7.87. The van der Waals surface area contributed by atoms with Crippen LogP contribution in [0.25, 0.3) is 0 Å². The summed E-state index contributed by atoms with van der Waals surface area (Å²) in [5.74, 6) is -1.08. The van der Waals surface area contributed by atoms with E-state index >= 15 is 0 Å². The molecule has 128 valence electrons. The predicted octanol–water partition coefficient (Wildman–Crippen LogP) is 1.22. The van der Waals surface area contributed by atoms with Crippen molar-refractivity contribution >= 4 is 23.2 Å². The van der Waals surface area contributed by atoms with Crippen LogP contribution < -0.4 is 16.2 Å². The fourth-order valence-corrected chi connectivity index (χ4v) is 2.02. The van der Waals surface area contributed by atoms with E-state index in [2.05, 4.69) is 16.2 Å². The number of amides is 1. The van der Waals surface area contributed by atoms with Crippen LogP contribution in [0.15, 0.2) is 24.3 Å². The minimum absolute atomic E-state index is 0.140. The number of hydrazine groups is 1. The molecule has 8 heteroatoms. The molecule has 0 aliphatic carbocycles. The third kappa shape index (κ3) is 5.42. The smallest absolute Gasteiger partial charge is 0.275 e. The van der Waals surface area contributed by atoms with Crippen molar-refractivity contribution in [2.24, 2.45) is 0 Å². The zero-order valence-electron chi connectivity index (χ0n) is 13.4. The molecule has 6 nitrogen and oxygen atoms in total. The maximum Gasteiger partial charge on any atom is 0.275 e. The number of carbonyl (C=O) groups is 1. The molecule has 0 heterocycles. The Labute approximate surface area is 140 Å². The fraction of sp³-hybridized carbons (Fsp3) is 0.467. The monoisotopic (exact) mass is 343 g/mol. The number of thiocarbonyl (C=S) groups is 1. The van der Waals surface area contributed by atoms with Crippen molar-refractivity contribution < 1.29 is 18.7 Å². The normalized spacial score (nSPS) is 13.0. The van der Waals surface area contributed by atoms with E-state index in [0.717, 1.165) is 6.42 Å². The summed E-state index contributed by atoms with van der Waals surface area (Å²) < 4.78 is 24.1. The van der Waals surface area contributed by atoms with Crippen LogP contribution >= 0.6 is 12.2 Å². The molecule has 0 fully saturated rings. The van der Waals surface area contributed by atoms with Crippen molar-refractivity contribution in [1.29, 1.82) is 0 Å². The van der Waals surface area contributed by atoms with E-state index in [9.17, 15) is 9.18 Å². The molecule has 0 spiro atoms. The summed E-state index contributed by atoms with van der Waals surface area (Å²) in [6.07, 6.45) is 0.775. The highest BCUT2D eigenvalue weighted by atomic mass is 32.1. The van der Waals surface area contributed by atoms with Crippen molar-refractivity contribution in [2.45, 2.75) is 18.9 Å². The van der Waals surface area contributed by atoms with Crippen molar-refractivity contribution in [3.05, 3.63) is 35.6 Å². The number of halogens is 1. The number of methoxy groups -OCH3 is 2. The minimum atomic E-state index is -1.48. The first kappa shape index (κ1) is 19.3. The molecule has 1 aromatic carbocycles. The minimum Gasteiger partial charge on any atom is -0.385 e. The van der Waals surface area contributed by atoms with Gasteiger partial charge in [0, 0.05) is 32.9 Å². The lowest BCUT2D eigenvalue weighted by Gasteiger charge is -2.28. The highest BCUT2D eigenvalue weighted by molar-refractivity contribution is 7.80. The number of nitrogens with one attached hydrogen (secondary N) is 3. The molecule has 0 aliphatic heterocycles. The first-order chi connectivity index (χ1) is 11.0. The van der Waals surface area contributed by atoms with E-state index in [1.54, 1.807) is 19.2 Å². The Hall–Kier alpha value is -1.77. The highest BCUT2D eigenvalue weighted by Crippen LogP contribution is 2.27. The van der Waals surface area contributed by atoms with Crippen molar-refractivity contribution in [2.75, 3.05) is 27.4 Å². The molecule has 0 bridgehead atoms. The molecule has 0 aromatic heterocycles. The molecule has 0 aliphatic rings. The number of hydrogen-bond acceptors (Lipinski definition) is 4. The third-order valence-electron chi connectivity index (χ3n) is 3.33. The van der Waals surface area contributed by atoms with Gasteiger partial charge >= 0.3 is 0 Å². The largest absolute Gasteiger partial charge is 0.385 e. The van der Waals surface area contributed by atoms with E-state index in [-0.39, 0.29) is 10.7 Å². The molecule has 0 saturated carbocycles. The van der Waals surface area contributed by atoms with Gasteiger partial charge in [0.25, 0.3) is 5.91 Å². The predicted molar refractivity (Wildman–Crippen MR) is 89.1 cm³/mol. The summed E-state index contributed by atoms with van der Waals surface area (Å²) in [6, 6.07) is 5.96. The maximum absolute atomic E-state index is 13.9. The first-order valence-electron chi connectivity index (χ1n) is 7.09. The van der Waals surface area contributed by atoms with Gasteiger partial charge in [-0.15, -0.1) is 0 Å². The standard InChI is InChI=1S/C15H22FN3O3S/c1-15(22-3,11-7-4-5-8-12(11)16)13(20)18-19-14(23)17-9-6-10-21-2/h4-5,7-8H,6,9-10H2,1-3H3,(H,18,20)(H2,17,19,23)/t15-/m1/s1. The maximum atomic E-state index is 13.9. The van der Waals surface area contributed by atoms with E-state index < -0.39 is 17.3 Å². The molecule has 1 atom stereocenters. The van der Waals surface area contributed by atoms with Crippen LogP contribution in [-0.2, 0) is 19.9 Å². The van der Waals surface area contributed by atoms with Crippen LogP contribution in [0.2, 0.25) is 0 Å². The molecule has 23 heavy (non-hydrogen) atoms. The van der Waals surface area contributed by atoms with Crippen molar-refractivity contribution in [1.82, 2.24) is 16.2 Å². The molecule has 0 unspecified atom stereocenters. The van der Waals surface area contributed by atoms with Gasteiger partial charge < -0.3 is 14.8 Å². The molecule has 1 amide bonds. The van der Waals surface area contributed by atoms with Gasteiger partial charge in [0.2, 0.25) is 0 Å². The summed E-state index contributed by atoms with van der Waals surface area (Å²) in [5.41, 5.74) is 3.65. The van der Waals surface area contributed by atoms with Crippen molar-refractivity contribution in [3.8, 4) is 0 Å². The number of ether oxygens (including phenoxy) is 2. The van der Waals surface area contributed by atoms with Crippen molar-refractivity contribution in [3.63, 3.8) is 0 Å². The summed E-state index contributed by atoms with van der Waals surface area (Å²) in [7, 11) is 2.96. The molecule has 1 aromatic rings. The van der Waals surface area contributed by atoms with E-state index in [1.807, 2.05) is 0 Å². The zero-order chi connectivity index (χ0) is 17.3. The Morgan fingerprint density at radius 1 is 1.30 bits per heavy atom. The van der Waals surface area contributed by atoms with Gasteiger partial charge in [-0.1, -0.05) is 18.2 Å². The number of benzene rings is 1. The zero-order valence-corrected chi connectivity index (χ0v) is 14.3. The second-order valence-electron chi connectivity index (χ2n) is 4.90. The Bertz CT molecular complexity index is 544. The van der Waals surface area contributed by atoms with Crippen LogP contribution in [-0.4, -0.2) is 38.4 Å². The Balaban J connectivity index is 2.61. The topological polar surface area (TPSA) is 71.6 Å². The molecule has 0 saturated heterocycles. The number of carbonyl (C=O) groups excluding carboxylic acids is 1. The lowest BCUT2D eigenvalue weighted by Crippen LogP contribution is -2.53. The lowest BCUT2D eigenvalue weighted by atomic mass is 9.94. The van der Waals surface area contributed by atoms with Gasteiger partial charge in [0.05, 0.1) is 0 Å². The van der Waals surface area contributed by atoms with Gasteiger partial charge in [-0.05, 0) is 31.6 Å². The number of hydrogen-bond donors (Lipinski definition) is 3. The second-order valence-corrected chi connectivity index (χ2v) is 5.31. The summed E-state index contributed by atoms with van der Waals surface area (Å²) in [6.45, 7) is 2.69. The second kappa shape index (κ2) is 9.39. The van der Waals surface area contributed by atoms with Gasteiger partial charge in [-0.2, -0.15) is 0 Å². The van der Waals surface area contributed by atoms with E-state index in [1.165, 1.54) is 26.2 Å². The fourth-order valence-electron chi connectivity index (χ4n) is 1.87. The average Bonchev–Trinajstić information content (AvgIpc) is 2.56. The molecular formula is C15H22FN3O3S. The van der Waals surface area contributed by atoms with Crippen LogP contribution in [0.5, 0.6) is 0 Å². The lowest BCUT2D eigenvalue weighted by molar-refractivity contribution is -0.143. The summed E-state index contributed by atoms with van der Waals surface area (Å²) in [5, 5.41) is 3.16. The van der Waals surface area contributed by atoms with Crippen LogP contribution in [0, 0.1) is 5.82 Å². The highest BCUT2D eigenvalue weighted by Gasteiger charge is 2.37. The molecule has 1 rings (SSSR count).